The van der Waals surface area contributed by atoms with Crippen molar-refractivity contribution in [3.63, 3.8) is 0 Å². The molecule has 1 saturated carbocycles. The van der Waals surface area contributed by atoms with Crippen LogP contribution >= 0.6 is 0 Å². The highest BCUT2D eigenvalue weighted by Crippen LogP contribution is 2.47. The lowest BCUT2D eigenvalue weighted by Gasteiger charge is -2.47. The normalized spacial score (nSPS) is 26.8. The average molecular weight is 201 g/mol. The number of hydrogen-bond acceptors (Lipinski definition) is 2. The number of carbonyl (C=O) groups is 1. The second-order valence-electron chi connectivity index (χ2n) is 4.72. The lowest BCUT2D eigenvalue weighted by molar-refractivity contribution is -0.110. The van der Waals surface area contributed by atoms with Gasteiger partial charge < -0.3 is 10.1 Å². The van der Waals surface area contributed by atoms with Gasteiger partial charge in [-0.3, -0.25) is 0 Å². The van der Waals surface area contributed by atoms with E-state index < -0.39 is 0 Å². The Morgan fingerprint density at radius 1 is 1.33 bits per heavy atom. The van der Waals surface area contributed by atoms with Gasteiger partial charge in [0, 0.05) is 12.0 Å². The number of fused-ring (bicyclic) bond motifs is 2. The van der Waals surface area contributed by atoms with Gasteiger partial charge in [-0.05, 0) is 24.0 Å². The Labute approximate surface area is 89.7 Å². The summed E-state index contributed by atoms with van der Waals surface area (Å²) in [7, 11) is 0. The minimum absolute atomic E-state index is 0.0903. The molecule has 0 amide bonds. The van der Waals surface area contributed by atoms with Gasteiger partial charge in [-0.2, -0.15) is 0 Å². The van der Waals surface area contributed by atoms with Crippen molar-refractivity contribution in [3.8, 4) is 0 Å². The van der Waals surface area contributed by atoms with E-state index in [1.54, 1.807) is 0 Å². The number of hydrogen-bond donors (Lipinski definition) is 1. The minimum Gasteiger partial charge on any atom is -0.303 e. The second-order valence-corrected chi connectivity index (χ2v) is 4.72. The molecule has 1 spiro atoms. The fourth-order valence-electron chi connectivity index (χ4n) is 2.93. The first-order chi connectivity index (χ1) is 7.36. The third kappa shape index (κ3) is 1.18. The van der Waals surface area contributed by atoms with Gasteiger partial charge in [0.15, 0.2) is 0 Å². The lowest BCUT2D eigenvalue weighted by atomic mass is 9.61. The van der Waals surface area contributed by atoms with Gasteiger partial charge in [0.2, 0.25) is 0 Å². The number of benzene rings is 1. The van der Waals surface area contributed by atoms with Crippen LogP contribution in [0.1, 0.15) is 36.4 Å². The SMILES string of the molecule is O=CC1NCC2(CCC2)c2ccccc21. The smallest absolute Gasteiger partial charge is 0.141 e. The Balaban J connectivity index is 2.11. The standard InChI is InChI=1S/C13H15NO/c15-8-12-10-4-1-2-5-11(10)13(9-14-12)6-3-7-13/h1-2,4-5,8,12,14H,3,6-7,9H2. The van der Waals surface area contributed by atoms with Crippen molar-refractivity contribution in [2.75, 3.05) is 6.54 Å². The first-order valence-corrected chi connectivity index (χ1v) is 5.64. The molecule has 1 N–H and O–H groups in total. The van der Waals surface area contributed by atoms with Crippen LogP contribution in [0.4, 0.5) is 0 Å². The van der Waals surface area contributed by atoms with E-state index in [9.17, 15) is 4.79 Å². The van der Waals surface area contributed by atoms with Gasteiger partial charge in [0.05, 0.1) is 6.04 Å². The van der Waals surface area contributed by atoms with Crippen molar-refractivity contribution >= 4 is 6.29 Å². The maximum absolute atomic E-state index is 11.0. The molecule has 1 atom stereocenters. The summed E-state index contributed by atoms with van der Waals surface area (Å²) in [6, 6.07) is 8.31. The summed E-state index contributed by atoms with van der Waals surface area (Å²) in [5, 5.41) is 3.35. The molecular formula is C13H15NO. The van der Waals surface area contributed by atoms with E-state index in [1.165, 1.54) is 30.4 Å². The third-order valence-electron chi connectivity index (χ3n) is 3.97. The number of carbonyl (C=O) groups excluding carboxylic acids is 1. The molecular weight excluding hydrogens is 186 g/mol. The van der Waals surface area contributed by atoms with Gasteiger partial charge in [-0.1, -0.05) is 30.7 Å². The summed E-state index contributed by atoms with van der Waals surface area (Å²) in [6.45, 7) is 0.966. The first kappa shape index (κ1) is 9.10. The van der Waals surface area contributed by atoms with Crippen LogP contribution in [0.15, 0.2) is 24.3 Å². The molecule has 0 radical (unpaired) electrons. The molecule has 1 aliphatic carbocycles. The summed E-state index contributed by atoms with van der Waals surface area (Å²) < 4.78 is 0. The number of nitrogens with one attached hydrogen (secondary N) is 1. The molecule has 2 nitrogen and oxygen atoms in total. The summed E-state index contributed by atoms with van der Waals surface area (Å²) in [5.74, 6) is 0. The fourth-order valence-corrected chi connectivity index (χ4v) is 2.93. The van der Waals surface area contributed by atoms with Gasteiger partial charge in [-0.25, -0.2) is 0 Å². The zero-order valence-electron chi connectivity index (χ0n) is 8.70. The molecule has 1 aromatic rings. The summed E-state index contributed by atoms with van der Waals surface area (Å²) in [4.78, 5) is 11.0. The quantitative estimate of drug-likeness (QED) is 0.704. The average Bonchev–Trinajstić information content (AvgIpc) is 2.25. The molecule has 1 fully saturated rings. The summed E-state index contributed by atoms with van der Waals surface area (Å²) in [6.07, 6.45) is 4.87. The van der Waals surface area contributed by atoms with Gasteiger partial charge in [0.1, 0.15) is 6.29 Å². The Bertz CT molecular complexity index is 395. The third-order valence-corrected chi connectivity index (χ3v) is 3.97. The second kappa shape index (κ2) is 3.17. The van der Waals surface area contributed by atoms with Crippen LogP contribution in [0, 0.1) is 0 Å². The van der Waals surface area contributed by atoms with Crippen LogP contribution in [-0.2, 0) is 10.2 Å². The van der Waals surface area contributed by atoms with E-state index in [2.05, 4.69) is 23.5 Å². The largest absolute Gasteiger partial charge is 0.303 e. The molecule has 1 heterocycles. The maximum Gasteiger partial charge on any atom is 0.141 e. The van der Waals surface area contributed by atoms with Crippen LogP contribution in [0.2, 0.25) is 0 Å². The monoisotopic (exact) mass is 201 g/mol. The van der Waals surface area contributed by atoms with Crippen molar-refractivity contribution in [1.82, 2.24) is 5.32 Å². The van der Waals surface area contributed by atoms with Crippen molar-refractivity contribution in [2.45, 2.75) is 30.7 Å². The zero-order chi connectivity index (χ0) is 10.3. The number of aldehydes is 1. The van der Waals surface area contributed by atoms with Crippen molar-refractivity contribution in [3.05, 3.63) is 35.4 Å². The Morgan fingerprint density at radius 3 is 2.80 bits per heavy atom. The highest BCUT2D eigenvalue weighted by molar-refractivity contribution is 5.64. The minimum atomic E-state index is -0.0903. The van der Waals surface area contributed by atoms with Crippen LogP contribution in [0.3, 0.4) is 0 Å². The molecule has 0 saturated heterocycles. The Morgan fingerprint density at radius 2 is 2.13 bits per heavy atom. The molecule has 1 unspecified atom stereocenters. The lowest BCUT2D eigenvalue weighted by Crippen LogP contribution is -2.49. The highest BCUT2D eigenvalue weighted by Gasteiger charge is 2.43. The van der Waals surface area contributed by atoms with Crippen LogP contribution < -0.4 is 5.32 Å². The van der Waals surface area contributed by atoms with Crippen molar-refractivity contribution < 1.29 is 4.79 Å². The molecule has 0 bridgehead atoms. The molecule has 3 rings (SSSR count). The van der Waals surface area contributed by atoms with Crippen molar-refractivity contribution in [2.24, 2.45) is 0 Å². The van der Waals surface area contributed by atoms with Gasteiger partial charge in [0.25, 0.3) is 0 Å². The Kier molecular flexibility index (Phi) is 1.93. The topological polar surface area (TPSA) is 29.1 Å². The molecule has 2 heteroatoms. The van der Waals surface area contributed by atoms with Gasteiger partial charge in [-0.15, -0.1) is 0 Å². The van der Waals surface area contributed by atoms with E-state index in [1.807, 2.05) is 6.07 Å². The summed E-state index contributed by atoms with van der Waals surface area (Å²) in [5.41, 5.74) is 2.95. The van der Waals surface area contributed by atoms with Crippen LogP contribution in [0.25, 0.3) is 0 Å². The van der Waals surface area contributed by atoms with E-state index in [-0.39, 0.29) is 6.04 Å². The Hall–Kier alpha value is -1.15. The summed E-state index contributed by atoms with van der Waals surface area (Å²) >= 11 is 0. The van der Waals surface area contributed by atoms with E-state index in [0.717, 1.165) is 12.8 Å². The molecule has 0 aromatic heterocycles. The van der Waals surface area contributed by atoms with Gasteiger partial charge >= 0.3 is 0 Å². The molecule has 78 valence electrons. The first-order valence-electron chi connectivity index (χ1n) is 5.64. The molecule has 2 aliphatic rings. The maximum atomic E-state index is 11.0. The molecule has 1 aliphatic heterocycles. The predicted molar refractivity (Wildman–Crippen MR) is 58.8 cm³/mol. The fraction of sp³-hybridized carbons (Fsp3) is 0.462. The zero-order valence-corrected chi connectivity index (χ0v) is 8.70. The molecule has 15 heavy (non-hydrogen) atoms. The predicted octanol–water partition coefficient (Wildman–Crippen LogP) is 1.95. The van der Waals surface area contributed by atoms with Crippen LogP contribution in [0.5, 0.6) is 0 Å². The van der Waals surface area contributed by atoms with Crippen molar-refractivity contribution in [1.29, 1.82) is 0 Å². The molecule has 1 aromatic carbocycles. The number of rotatable bonds is 1. The van der Waals surface area contributed by atoms with Crippen LogP contribution in [-0.4, -0.2) is 12.8 Å². The van der Waals surface area contributed by atoms with E-state index in [0.29, 0.717) is 5.41 Å². The van der Waals surface area contributed by atoms with E-state index in [4.69, 9.17) is 0 Å². The highest BCUT2D eigenvalue weighted by atomic mass is 16.1. The van der Waals surface area contributed by atoms with E-state index >= 15 is 0 Å².